The molecule has 0 aliphatic heterocycles. The van der Waals surface area contributed by atoms with E-state index in [0.29, 0.717) is 18.8 Å². The molecule has 1 aliphatic rings. The minimum absolute atomic E-state index is 0.0422. The Hall–Kier alpha value is -2.69. The smallest absolute Gasteiger partial charge is 0.220 e. The molecule has 0 amide bonds. The first-order valence-corrected chi connectivity index (χ1v) is 8.31. The van der Waals surface area contributed by atoms with Crippen molar-refractivity contribution in [2.75, 3.05) is 13.7 Å². The first-order valence-electron chi connectivity index (χ1n) is 8.31. The van der Waals surface area contributed by atoms with Crippen molar-refractivity contribution in [1.82, 2.24) is 4.98 Å². The Morgan fingerprint density at radius 3 is 2.84 bits per heavy atom. The van der Waals surface area contributed by atoms with Gasteiger partial charge >= 0.3 is 0 Å². The molecule has 5 heteroatoms. The first-order chi connectivity index (χ1) is 12.2. The molecule has 0 fully saturated rings. The predicted octanol–water partition coefficient (Wildman–Crippen LogP) is 4.45. The Bertz CT molecular complexity index is 801. The van der Waals surface area contributed by atoms with Gasteiger partial charge in [0.25, 0.3) is 0 Å². The number of methoxy groups -OCH3 is 1. The zero-order valence-corrected chi connectivity index (χ0v) is 14.1. The van der Waals surface area contributed by atoms with Crippen molar-refractivity contribution in [3.63, 3.8) is 0 Å². The van der Waals surface area contributed by atoms with E-state index >= 15 is 0 Å². The highest BCUT2D eigenvalue weighted by Crippen LogP contribution is 2.36. The van der Waals surface area contributed by atoms with Crippen molar-refractivity contribution < 1.29 is 18.7 Å². The lowest BCUT2D eigenvalue weighted by Gasteiger charge is -2.22. The van der Waals surface area contributed by atoms with E-state index in [4.69, 9.17) is 9.47 Å². The molecule has 0 radical (unpaired) electrons. The van der Waals surface area contributed by atoms with E-state index in [0.717, 1.165) is 36.8 Å². The number of aldehydes is 1. The lowest BCUT2D eigenvalue weighted by atomic mass is 9.88. The number of carbonyl (C=O) groups is 1. The van der Waals surface area contributed by atoms with Crippen LogP contribution in [0.3, 0.4) is 0 Å². The van der Waals surface area contributed by atoms with E-state index in [1.54, 1.807) is 19.4 Å². The number of halogens is 1. The highest BCUT2D eigenvalue weighted by atomic mass is 19.1. The second-order valence-electron chi connectivity index (χ2n) is 5.91. The molecule has 25 heavy (non-hydrogen) atoms. The van der Waals surface area contributed by atoms with Crippen LogP contribution in [0, 0.1) is 5.82 Å². The summed E-state index contributed by atoms with van der Waals surface area (Å²) < 4.78 is 24.9. The summed E-state index contributed by atoms with van der Waals surface area (Å²) in [4.78, 5) is 15.4. The molecule has 1 heterocycles. The Labute approximate surface area is 146 Å². The average Bonchev–Trinajstić information content (AvgIpc) is 2.66. The molecule has 1 aromatic carbocycles. The summed E-state index contributed by atoms with van der Waals surface area (Å²) in [5.41, 5.74) is 3.23. The molecule has 0 atom stereocenters. The number of ether oxygens (including phenoxy) is 2. The quantitative estimate of drug-likeness (QED) is 0.729. The van der Waals surface area contributed by atoms with Gasteiger partial charge in [-0.05, 0) is 61.1 Å². The second-order valence-corrected chi connectivity index (χ2v) is 5.91. The molecular weight excluding hydrogens is 321 g/mol. The fourth-order valence-electron chi connectivity index (χ4n) is 3.16. The average molecular weight is 341 g/mol. The van der Waals surface area contributed by atoms with Crippen LogP contribution in [0.25, 0.3) is 5.57 Å². The summed E-state index contributed by atoms with van der Waals surface area (Å²) in [6.07, 6.45) is 6.18. The SMILES string of the molecule is COc1ncccc1C1=C(COc2cccc(F)c2C=O)CCCC1. The Morgan fingerprint density at radius 2 is 2.04 bits per heavy atom. The third-order valence-corrected chi connectivity index (χ3v) is 4.40. The van der Waals surface area contributed by atoms with Crippen LogP contribution in [0.5, 0.6) is 11.6 Å². The third-order valence-electron chi connectivity index (χ3n) is 4.40. The van der Waals surface area contributed by atoms with Crippen molar-refractivity contribution in [2.24, 2.45) is 0 Å². The van der Waals surface area contributed by atoms with Gasteiger partial charge in [-0.2, -0.15) is 0 Å². The Balaban J connectivity index is 1.90. The highest BCUT2D eigenvalue weighted by molar-refractivity contribution is 5.79. The number of allylic oxidation sites excluding steroid dienone is 1. The normalized spacial score (nSPS) is 14.3. The second kappa shape index (κ2) is 7.92. The maximum Gasteiger partial charge on any atom is 0.220 e. The summed E-state index contributed by atoms with van der Waals surface area (Å²) in [6, 6.07) is 8.28. The topological polar surface area (TPSA) is 48.4 Å². The van der Waals surface area contributed by atoms with Gasteiger partial charge in [-0.1, -0.05) is 6.07 Å². The van der Waals surface area contributed by atoms with Crippen molar-refractivity contribution in [1.29, 1.82) is 0 Å². The maximum absolute atomic E-state index is 13.7. The molecule has 3 rings (SSSR count). The molecule has 0 saturated heterocycles. The summed E-state index contributed by atoms with van der Waals surface area (Å²) in [6.45, 7) is 0.317. The molecule has 2 aromatic rings. The summed E-state index contributed by atoms with van der Waals surface area (Å²) in [5.74, 6) is 0.293. The molecule has 0 unspecified atom stereocenters. The number of benzene rings is 1. The molecule has 130 valence electrons. The van der Waals surface area contributed by atoms with Crippen LogP contribution in [-0.2, 0) is 0 Å². The Kier molecular flexibility index (Phi) is 5.43. The van der Waals surface area contributed by atoms with Gasteiger partial charge in [0.15, 0.2) is 6.29 Å². The third kappa shape index (κ3) is 3.71. The number of carbonyl (C=O) groups excluding carboxylic acids is 1. The van der Waals surface area contributed by atoms with E-state index in [9.17, 15) is 9.18 Å². The van der Waals surface area contributed by atoms with Crippen LogP contribution < -0.4 is 9.47 Å². The van der Waals surface area contributed by atoms with Gasteiger partial charge in [0.1, 0.15) is 18.2 Å². The number of hydrogen-bond acceptors (Lipinski definition) is 4. The van der Waals surface area contributed by atoms with Crippen molar-refractivity contribution in [2.45, 2.75) is 25.7 Å². The largest absolute Gasteiger partial charge is 0.488 e. The predicted molar refractivity (Wildman–Crippen MR) is 93.5 cm³/mol. The van der Waals surface area contributed by atoms with Gasteiger partial charge in [0.2, 0.25) is 5.88 Å². The number of nitrogens with zero attached hydrogens (tertiary/aromatic N) is 1. The van der Waals surface area contributed by atoms with E-state index in [1.165, 1.54) is 17.7 Å². The standard InChI is InChI=1S/C20H20FNO3/c1-24-20-16(8-5-11-22-20)15-7-3-2-6-14(15)13-25-19-10-4-9-18(21)17(19)12-23/h4-5,8-12H,2-3,6-7,13H2,1H3. The van der Waals surface area contributed by atoms with E-state index in [1.807, 2.05) is 12.1 Å². The van der Waals surface area contributed by atoms with Crippen LogP contribution in [0.2, 0.25) is 0 Å². The molecular formula is C20H20FNO3. The summed E-state index contributed by atoms with van der Waals surface area (Å²) >= 11 is 0. The highest BCUT2D eigenvalue weighted by Gasteiger charge is 2.19. The lowest BCUT2D eigenvalue weighted by molar-refractivity contribution is 0.111. The van der Waals surface area contributed by atoms with E-state index < -0.39 is 5.82 Å². The molecule has 1 aromatic heterocycles. The van der Waals surface area contributed by atoms with E-state index in [-0.39, 0.29) is 11.3 Å². The van der Waals surface area contributed by atoms with Crippen molar-refractivity contribution in [3.8, 4) is 11.6 Å². The molecule has 0 saturated carbocycles. The molecule has 1 aliphatic carbocycles. The van der Waals surface area contributed by atoms with Gasteiger partial charge in [-0.15, -0.1) is 0 Å². The fraction of sp³-hybridized carbons (Fsp3) is 0.300. The summed E-state index contributed by atoms with van der Waals surface area (Å²) in [7, 11) is 1.61. The van der Waals surface area contributed by atoms with Gasteiger partial charge < -0.3 is 9.47 Å². The molecule has 4 nitrogen and oxygen atoms in total. The number of aromatic nitrogens is 1. The molecule has 0 bridgehead atoms. The molecule has 0 N–H and O–H groups in total. The van der Waals surface area contributed by atoms with Gasteiger partial charge in [-0.3, -0.25) is 4.79 Å². The summed E-state index contributed by atoms with van der Waals surface area (Å²) in [5, 5.41) is 0. The van der Waals surface area contributed by atoms with Crippen molar-refractivity contribution in [3.05, 3.63) is 59.0 Å². The van der Waals surface area contributed by atoms with Crippen LogP contribution in [0.1, 0.15) is 41.6 Å². The number of rotatable bonds is 6. The fourth-order valence-corrected chi connectivity index (χ4v) is 3.16. The minimum Gasteiger partial charge on any atom is -0.488 e. The van der Waals surface area contributed by atoms with Crippen LogP contribution in [0.4, 0.5) is 4.39 Å². The van der Waals surface area contributed by atoms with E-state index in [2.05, 4.69) is 4.98 Å². The van der Waals surface area contributed by atoms with Crippen molar-refractivity contribution >= 4 is 11.9 Å². The monoisotopic (exact) mass is 341 g/mol. The van der Waals surface area contributed by atoms with Crippen LogP contribution >= 0.6 is 0 Å². The Morgan fingerprint density at radius 1 is 1.20 bits per heavy atom. The van der Waals surface area contributed by atoms with Gasteiger partial charge in [-0.25, -0.2) is 9.37 Å². The van der Waals surface area contributed by atoms with Gasteiger partial charge in [0, 0.05) is 11.8 Å². The zero-order valence-electron chi connectivity index (χ0n) is 14.1. The molecule has 0 spiro atoms. The zero-order chi connectivity index (χ0) is 17.6. The lowest BCUT2D eigenvalue weighted by Crippen LogP contribution is -2.10. The van der Waals surface area contributed by atoms with Gasteiger partial charge in [0.05, 0.1) is 12.7 Å². The first kappa shape index (κ1) is 17.1. The number of hydrogen-bond donors (Lipinski definition) is 0. The van der Waals surface area contributed by atoms with Crippen LogP contribution in [-0.4, -0.2) is 25.0 Å². The number of pyridine rings is 1. The minimum atomic E-state index is -0.570. The van der Waals surface area contributed by atoms with Crippen LogP contribution in [0.15, 0.2) is 42.1 Å². The maximum atomic E-state index is 13.7.